The van der Waals surface area contributed by atoms with Gasteiger partial charge in [0.05, 0.1) is 7.11 Å². The van der Waals surface area contributed by atoms with Gasteiger partial charge in [-0.1, -0.05) is 42.5 Å². The molecule has 2 aromatic carbocycles. The van der Waals surface area contributed by atoms with E-state index >= 15 is 0 Å². The Hall–Kier alpha value is -2.53. The lowest BCUT2D eigenvalue weighted by Crippen LogP contribution is -2.36. The van der Waals surface area contributed by atoms with Crippen LogP contribution in [0.1, 0.15) is 29.9 Å². The van der Waals surface area contributed by atoms with E-state index in [-0.39, 0.29) is 18.6 Å². The Morgan fingerprint density at radius 2 is 1.76 bits per heavy atom. The number of rotatable bonds is 9. The average Bonchev–Trinajstić information content (AvgIpc) is 2.67. The Morgan fingerprint density at radius 3 is 2.40 bits per heavy atom. The van der Waals surface area contributed by atoms with Crippen molar-refractivity contribution in [3.63, 3.8) is 0 Å². The maximum atomic E-state index is 11.9. The predicted octanol–water partition coefficient (Wildman–Crippen LogP) is 3.05. The summed E-state index contributed by atoms with van der Waals surface area (Å²) in [4.78, 5) is 11.9. The molecule has 3 N–H and O–H groups in total. The zero-order chi connectivity index (χ0) is 17.9. The van der Waals surface area contributed by atoms with Crippen LogP contribution in [0, 0.1) is 0 Å². The SMILES string of the molecule is COc1ccc(CNC(=O)NCC[C@H](CCO)c2ccccc2)cc1. The number of carbonyl (C=O) groups is 1. The Labute approximate surface area is 149 Å². The second kappa shape index (κ2) is 10.4. The standard InChI is InChI=1S/C20H26N2O3/c1-25-19-9-7-16(8-10-19)15-22-20(24)21-13-11-18(12-14-23)17-5-3-2-4-6-17/h2-10,18,23H,11-15H2,1H3,(H2,21,22,24)/t18-/m1/s1. The van der Waals surface area contributed by atoms with E-state index in [0.717, 1.165) is 17.7 Å². The van der Waals surface area contributed by atoms with E-state index in [2.05, 4.69) is 22.8 Å². The molecule has 0 spiro atoms. The fourth-order valence-electron chi connectivity index (χ4n) is 2.71. The quantitative estimate of drug-likeness (QED) is 0.656. The van der Waals surface area contributed by atoms with Crippen LogP contribution in [-0.2, 0) is 6.54 Å². The Kier molecular flexibility index (Phi) is 7.79. The van der Waals surface area contributed by atoms with E-state index in [1.807, 2.05) is 42.5 Å². The minimum atomic E-state index is -0.188. The maximum Gasteiger partial charge on any atom is 0.315 e. The van der Waals surface area contributed by atoms with Crippen molar-refractivity contribution < 1.29 is 14.6 Å². The van der Waals surface area contributed by atoms with Crippen LogP contribution >= 0.6 is 0 Å². The van der Waals surface area contributed by atoms with Gasteiger partial charge in [-0.05, 0) is 42.0 Å². The van der Waals surface area contributed by atoms with Gasteiger partial charge in [0.1, 0.15) is 5.75 Å². The number of carbonyl (C=O) groups excluding carboxylic acids is 1. The van der Waals surface area contributed by atoms with Crippen molar-refractivity contribution in [3.8, 4) is 5.75 Å². The van der Waals surface area contributed by atoms with Crippen LogP contribution < -0.4 is 15.4 Å². The minimum Gasteiger partial charge on any atom is -0.497 e. The molecule has 0 aliphatic heterocycles. The first-order valence-electron chi connectivity index (χ1n) is 8.53. The first kappa shape index (κ1) is 18.8. The molecule has 5 nitrogen and oxygen atoms in total. The number of methoxy groups -OCH3 is 1. The molecule has 0 radical (unpaired) electrons. The van der Waals surface area contributed by atoms with E-state index in [1.54, 1.807) is 7.11 Å². The van der Waals surface area contributed by atoms with Gasteiger partial charge in [-0.3, -0.25) is 0 Å². The fraction of sp³-hybridized carbons (Fsp3) is 0.350. The van der Waals surface area contributed by atoms with Crippen molar-refractivity contribution in [2.75, 3.05) is 20.3 Å². The average molecular weight is 342 g/mol. The monoisotopic (exact) mass is 342 g/mol. The van der Waals surface area contributed by atoms with Crippen molar-refractivity contribution in [1.82, 2.24) is 10.6 Å². The molecular weight excluding hydrogens is 316 g/mol. The summed E-state index contributed by atoms with van der Waals surface area (Å²) < 4.78 is 5.11. The van der Waals surface area contributed by atoms with Gasteiger partial charge in [0.25, 0.3) is 0 Å². The Balaban J connectivity index is 1.73. The topological polar surface area (TPSA) is 70.6 Å². The number of benzene rings is 2. The molecule has 0 heterocycles. The fourth-order valence-corrected chi connectivity index (χ4v) is 2.71. The zero-order valence-corrected chi connectivity index (χ0v) is 14.6. The number of hydrogen-bond donors (Lipinski definition) is 3. The molecule has 2 aromatic rings. The third kappa shape index (κ3) is 6.47. The molecule has 0 saturated carbocycles. The minimum absolute atomic E-state index is 0.142. The van der Waals surface area contributed by atoms with Gasteiger partial charge in [0.15, 0.2) is 0 Å². The van der Waals surface area contributed by atoms with E-state index < -0.39 is 0 Å². The number of ether oxygens (including phenoxy) is 1. The highest BCUT2D eigenvalue weighted by molar-refractivity contribution is 5.73. The Bertz CT molecular complexity index is 629. The van der Waals surface area contributed by atoms with E-state index in [1.165, 1.54) is 5.56 Å². The highest BCUT2D eigenvalue weighted by Gasteiger charge is 2.11. The maximum absolute atomic E-state index is 11.9. The second-order valence-corrected chi connectivity index (χ2v) is 5.87. The summed E-state index contributed by atoms with van der Waals surface area (Å²) in [5.74, 6) is 1.04. The molecule has 134 valence electrons. The number of nitrogens with one attached hydrogen (secondary N) is 2. The first-order valence-corrected chi connectivity index (χ1v) is 8.53. The summed E-state index contributed by atoms with van der Waals surface area (Å²) >= 11 is 0. The van der Waals surface area contributed by atoms with E-state index in [4.69, 9.17) is 4.74 Å². The molecule has 2 amide bonds. The summed E-state index contributed by atoms with van der Waals surface area (Å²) in [7, 11) is 1.63. The smallest absolute Gasteiger partial charge is 0.315 e. The van der Waals surface area contributed by atoms with Crippen LogP contribution in [-0.4, -0.2) is 31.4 Å². The third-order valence-electron chi connectivity index (χ3n) is 4.14. The molecule has 0 aliphatic rings. The van der Waals surface area contributed by atoms with Crippen LogP contribution in [0.5, 0.6) is 5.75 Å². The van der Waals surface area contributed by atoms with Gasteiger partial charge in [-0.25, -0.2) is 4.79 Å². The van der Waals surface area contributed by atoms with Crippen LogP contribution in [0.4, 0.5) is 4.79 Å². The van der Waals surface area contributed by atoms with Gasteiger partial charge in [-0.15, -0.1) is 0 Å². The normalized spacial score (nSPS) is 11.6. The number of aliphatic hydroxyl groups excluding tert-OH is 1. The molecule has 1 atom stereocenters. The van der Waals surface area contributed by atoms with Crippen molar-refractivity contribution in [2.24, 2.45) is 0 Å². The summed E-state index contributed by atoms with van der Waals surface area (Å²) in [6.45, 7) is 1.17. The largest absolute Gasteiger partial charge is 0.497 e. The van der Waals surface area contributed by atoms with Crippen molar-refractivity contribution in [3.05, 3.63) is 65.7 Å². The summed E-state index contributed by atoms with van der Waals surface area (Å²) in [5, 5.41) is 15.0. The molecule has 0 aliphatic carbocycles. The summed E-state index contributed by atoms with van der Waals surface area (Å²) in [6.07, 6.45) is 1.49. The summed E-state index contributed by atoms with van der Waals surface area (Å²) in [6, 6.07) is 17.5. The molecule has 5 heteroatoms. The predicted molar refractivity (Wildman–Crippen MR) is 98.7 cm³/mol. The van der Waals surface area contributed by atoms with Gasteiger partial charge in [0.2, 0.25) is 0 Å². The van der Waals surface area contributed by atoms with Crippen LogP contribution in [0.3, 0.4) is 0 Å². The molecule has 0 aromatic heterocycles. The molecule has 2 rings (SSSR count). The molecule has 0 fully saturated rings. The zero-order valence-electron chi connectivity index (χ0n) is 14.6. The van der Waals surface area contributed by atoms with Gasteiger partial charge >= 0.3 is 6.03 Å². The molecule has 0 unspecified atom stereocenters. The lowest BCUT2D eigenvalue weighted by molar-refractivity contribution is 0.239. The highest BCUT2D eigenvalue weighted by atomic mass is 16.5. The second-order valence-electron chi connectivity index (χ2n) is 5.87. The molecular formula is C20H26N2O3. The molecule has 0 bridgehead atoms. The van der Waals surface area contributed by atoms with Gasteiger partial charge in [0, 0.05) is 19.7 Å². The van der Waals surface area contributed by atoms with Gasteiger partial charge in [-0.2, -0.15) is 0 Å². The van der Waals surface area contributed by atoms with Crippen LogP contribution in [0.2, 0.25) is 0 Å². The van der Waals surface area contributed by atoms with Crippen LogP contribution in [0.15, 0.2) is 54.6 Å². The van der Waals surface area contributed by atoms with Crippen molar-refractivity contribution >= 4 is 6.03 Å². The first-order chi connectivity index (χ1) is 12.2. The number of amides is 2. The number of hydrogen-bond acceptors (Lipinski definition) is 3. The van der Waals surface area contributed by atoms with Gasteiger partial charge < -0.3 is 20.5 Å². The third-order valence-corrected chi connectivity index (χ3v) is 4.14. The van der Waals surface area contributed by atoms with E-state index in [0.29, 0.717) is 19.5 Å². The number of urea groups is 1. The number of aliphatic hydroxyl groups is 1. The summed E-state index contributed by atoms with van der Waals surface area (Å²) in [5.41, 5.74) is 2.20. The lowest BCUT2D eigenvalue weighted by atomic mass is 9.93. The Morgan fingerprint density at radius 1 is 1.04 bits per heavy atom. The highest BCUT2D eigenvalue weighted by Crippen LogP contribution is 2.22. The van der Waals surface area contributed by atoms with E-state index in [9.17, 15) is 9.90 Å². The molecule has 0 saturated heterocycles. The van der Waals surface area contributed by atoms with Crippen molar-refractivity contribution in [2.45, 2.75) is 25.3 Å². The molecule has 25 heavy (non-hydrogen) atoms. The van der Waals surface area contributed by atoms with Crippen LogP contribution in [0.25, 0.3) is 0 Å². The van der Waals surface area contributed by atoms with Crippen molar-refractivity contribution in [1.29, 1.82) is 0 Å². The lowest BCUT2D eigenvalue weighted by Gasteiger charge is -2.17.